The van der Waals surface area contributed by atoms with Gasteiger partial charge in [-0.3, -0.25) is 4.90 Å². The smallest absolute Gasteiger partial charge is 0.0250 e. The molecule has 1 rings (SSSR count). The van der Waals surface area contributed by atoms with E-state index in [1.54, 1.807) is 0 Å². The molecule has 0 unspecified atom stereocenters. The number of rotatable bonds is 0. The molecule has 1 heterocycles. The Morgan fingerprint density at radius 1 is 1.50 bits per heavy atom. The van der Waals surface area contributed by atoms with E-state index in [0.29, 0.717) is 6.04 Å². The molecule has 0 bridgehead atoms. The summed E-state index contributed by atoms with van der Waals surface area (Å²) in [6.45, 7) is 7.57. The lowest BCUT2D eigenvalue weighted by Gasteiger charge is -2.12. The first-order valence-electron chi connectivity index (χ1n) is 4.09. The molecule has 0 spiro atoms. The minimum atomic E-state index is 0.667. The molecule has 0 N–H and O–H groups in total. The summed E-state index contributed by atoms with van der Waals surface area (Å²) in [6.07, 6.45) is 5.67. The zero-order chi connectivity index (χ0) is 7.98. The van der Waals surface area contributed by atoms with Crippen LogP contribution in [0.25, 0.3) is 0 Å². The third kappa shape index (κ3) is 3.67. The minimum Gasteiger partial charge on any atom is -0.297 e. The van der Waals surface area contributed by atoms with Gasteiger partial charge in [0.25, 0.3) is 0 Å². The van der Waals surface area contributed by atoms with Gasteiger partial charge in [0.1, 0.15) is 0 Å². The van der Waals surface area contributed by atoms with Crippen molar-refractivity contribution < 1.29 is 0 Å². The Hall–Kier alpha value is -0.300. The third-order valence-electron chi connectivity index (χ3n) is 1.50. The number of hydrogen-bond donors (Lipinski definition) is 0. The van der Waals surface area contributed by atoms with Gasteiger partial charge in [-0.1, -0.05) is 32.4 Å². The van der Waals surface area contributed by atoms with Crippen LogP contribution in [0.5, 0.6) is 0 Å². The van der Waals surface area contributed by atoms with Crippen molar-refractivity contribution in [3.05, 3.63) is 12.2 Å². The molecule has 0 saturated heterocycles. The zero-order valence-electron chi connectivity index (χ0n) is 7.59. The van der Waals surface area contributed by atoms with Crippen molar-refractivity contribution in [3.8, 4) is 0 Å². The summed E-state index contributed by atoms with van der Waals surface area (Å²) in [4.78, 5) is 2.29. The standard InChI is InChI=1S/C6H11N.C3H8/c1-6-4-3-5-7(6)2;1-3-2/h3-4,6H,5H2,1-2H3;3H2,1-2H3/t6-;/m1./s1. The number of likely N-dealkylation sites (N-methyl/N-ethyl adjacent to an activating group) is 1. The topological polar surface area (TPSA) is 3.24 Å². The summed E-state index contributed by atoms with van der Waals surface area (Å²) in [6, 6.07) is 0.667. The third-order valence-corrected chi connectivity index (χ3v) is 1.50. The lowest BCUT2D eigenvalue weighted by Crippen LogP contribution is -2.21. The summed E-state index contributed by atoms with van der Waals surface area (Å²) >= 11 is 0. The highest BCUT2D eigenvalue weighted by atomic mass is 15.1. The van der Waals surface area contributed by atoms with Crippen molar-refractivity contribution in [1.29, 1.82) is 0 Å². The summed E-state index contributed by atoms with van der Waals surface area (Å²) in [5, 5.41) is 0. The normalized spacial score (nSPS) is 24.2. The highest BCUT2D eigenvalue weighted by Crippen LogP contribution is 2.03. The Kier molecular flexibility index (Phi) is 5.32. The lowest BCUT2D eigenvalue weighted by atomic mass is 10.3. The minimum absolute atomic E-state index is 0.667. The predicted molar refractivity (Wildman–Crippen MR) is 47.2 cm³/mol. The van der Waals surface area contributed by atoms with E-state index >= 15 is 0 Å². The largest absolute Gasteiger partial charge is 0.297 e. The van der Waals surface area contributed by atoms with Crippen LogP contribution in [0.15, 0.2) is 12.2 Å². The molecule has 1 aliphatic rings. The predicted octanol–water partition coefficient (Wildman–Crippen LogP) is 2.29. The maximum absolute atomic E-state index is 2.29. The van der Waals surface area contributed by atoms with Crippen molar-refractivity contribution in [2.75, 3.05) is 13.6 Å². The summed E-state index contributed by atoms with van der Waals surface area (Å²) < 4.78 is 0. The van der Waals surface area contributed by atoms with Crippen LogP contribution >= 0.6 is 0 Å². The van der Waals surface area contributed by atoms with Gasteiger partial charge in [-0.05, 0) is 14.0 Å². The van der Waals surface area contributed by atoms with Gasteiger partial charge in [-0.2, -0.15) is 0 Å². The Labute approximate surface area is 64.7 Å². The first-order valence-corrected chi connectivity index (χ1v) is 4.09. The monoisotopic (exact) mass is 141 g/mol. The molecular weight excluding hydrogens is 122 g/mol. The van der Waals surface area contributed by atoms with E-state index in [2.05, 4.69) is 44.9 Å². The molecule has 10 heavy (non-hydrogen) atoms. The van der Waals surface area contributed by atoms with Gasteiger partial charge in [0.15, 0.2) is 0 Å². The van der Waals surface area contributed by atoms with E-state index in [9.17, 15) is 0 Å². The molecule has 0 amide bonds. The second kappa shape index (κ2) is 5.48. The Morgan fingerprint density at radius 3 is 2.10 bits per heavy atom. The maximum atomic E-state index is 2.29. The number of hydrogen-bond acceptors (Lipinski definition) is 1. The van der Waals surface area contributed by atoms with E-state index in [-0.39, 0.29) is 0 Å². The van der Waals surface area contributed by atoms with E-state index in [4.69, 9.17) is 0 Å². The van der Waals surface area contributed by atoms with Gasteiger partial charge in [-0.25, -0.2) is 0 Å². The quantitative estimate of drug-likeness (QED) is 0.468. The molecular formula is C9H19N. The summed E-state index contributed by atoms with van der Waals surface area (Å²) in [7, 11) is 2.13. The molecule has 1 atom stereocenters. The fraction of sp³-hybridized carbons (Fsp3) is 0.778. The highest BCUT2D eigenvalue weighted by Gasteiger charge is 2.07. The van der Waals surface area contributed by atoms with Crippen LogP contribution in [0.3, 0.4) is 0 Å². The molecule has 0 aromatic rings. The van der Waals surface area contributed by atoms with Crippen molar-refractivity contribution in [3.63, 3.8) is 0 Å². The van der Waals surface area contributed by atoms with Crippen LogP contribution < -0.4 is 0 Å². The van der Waals surface area contributed by atoms with E-state index in [0.717, 1.165) is 6.54 Å². The Bertz CT molecular complexity index is 96.9. The summed E-state index contributed by atoms with van der Waals surface area (Å²) in [5.74, 6) is 0. The Balaban J connectivity index is 0.000000236. The molecule has 0 fully saturated rings. The van der Waals surface area contributed by atoms with Gasteiger partial charge in [0.05, 0.1) is 0 Å². The molecule has 1 aliphatic heterocycles. The van der Waals surface area contributed by atoms with Crippen LogP contribution in [-0.4, -0.2) is 24.5 Å². The van der Waals surface area contributed by atoms with E-state index in [1.807, 2.05) is 0 Å². The molecule has 1 heteroatoms. The van der Waals surface area contributed by atoms with Crippen LogP contribution in [0.4, 0.5) is 0 Å². The molecule has 0 aliphatic carbocycles. The number of nitrogens with zero attached hydrogens (tertiary/aromatic N) is 1. The highest BCUT2D eigenvalue weighted by molar-refractivity contribution is 5.00. The van der Waals surface area contributed by atoms with Gasteiger partial charge < -0.3 is 0 Å². The van der Waals surface area contributed by atoms with Crippen LogP contribution in [0.1, 0.15) is 27.2 Å². The molecule has 0 aromatic heterocycles. The zero-order valence-corrected chi connectivity index (χ0v) is 7.59. The van der Waals surface area contributed by atoms with Gasteiger partial charge in [0, 0.05) is 12.6 Å². The van der Waals surface area contributed by atoms with Crippen molar-refractivity contribution in [2.24, 2.45) is 0 Å². The van der Waals surface area contributed by atoms with Crippen LogP contribution in [0.2, 0.25) is 0 Å². The maximum Gasteiger partial charge on any atom is 0.0250 e. The van der Waals surface area contributed by atoms with Crippen molar-refractivity contribution in [1.82, 2.24) is 4.90 Å². The first kappa shape index (κ1) is 9.70. The molecule has 0 saturated carbocycles. The van der Waals surface area contributed by atoms with Gasteiger partial charge >= 0.3 is 0 Å². The molecule has 60 valence electrons. The lowest BCUT2D eigenvalue weighted by molar-refractivity contribution is 0.352. The Morgan fingerprint density at radius 2 is 2.00 bits per heavy atom. The fourth-order valence-corrected chi connectivity index (χ4v) is 0.737. The molecule has 0 radical (unpaired) electrons. The van der Waals surface area contributed by atoms with Crippen LogP contribution in [0, 0.1) is 0 Å². The summed E-state index contributed by atoms with van der Waals surface area (Å²) in [5.41, 5.74) is 0. The second-order valence-electron chi connectivity index (χ2n) is 2.82. The molecule has 1 nitrogen and oxygen atoms in total. The van der Waals surface area contributed by atoms with Crippen LogP contribution in [-0.2, 0) is 0 Å². The fourth-order valence-electron chi connectivity index (χ4n) is 0.737. The van der Waals surface area contributed by atoms with Crippen molar-refractivity contribution >= 4 is 0 Å². The first-order chi connectivity index (χ1) is 4.72. The second-order valence-corrected chi connectivity index (χ2v) is 2.82. The van der Waals surface area contributed by atoms with Gasteiger partial charge in [0.2, 0.25) is 0 Å². The average Bonchev–Trinajstić information content (AvgIpc) is 2.19. The van der Waals surface area contributed by atoms with E-state index < -0.39 is 0 Å². The SMILES string of the molecule is CCC.C[C@@H]1C=CCN1C. The van der Waals surface area contributed by atoms with Crippen molar-refractivity contribution in [2.45, 2.75) is 33.2 Å². The van der Waals surface area contributed by atoms with E-state index in [1.165, 1.54) is 6.42 Å². The average molecular weight is 141 g/mol. The van der Waals surface area contributed by atoms with Gasteiger partial charge in [-0.15, -0.1) is 0 Å². The molecule has 0 aromatic carbocycles.